The van der Waals surface area contributed by atoms with E-state index in [9.17, 15) is 0 Å². The molecule has 1 atom stereocenters. The highest BCUT2D eigenvalue weighted by atomic mass is 16.5. The van der Waals surface area contributed by atoms with Crippen LogP contribution >= 0.6 is 0 Å². The molecule has 1 saturated carbocycles. The number of rotatable bonds is 3. The van der Waals surface area contributed by atoms with Crippen LogP contribution in [-0.4, -0.2) is 18.1 Å². The van der Waals surface area contributed by atoms with Gasteiger partial charge in [0.15, 0.2) is 5.82 Å². The van der Waals surface area contributed by atoms with Gasteiger partial charge in [-0.25, -0.2) is 0 Å². The number of nitrogen functional groups attached to an aromatic ring is 1. The van der Waals surface area contributed by atoms with Crippen molar-refractivity contribution in [1.29, 1.82) is 0 Å². The quantitative estimate of drug-likeness (QED) is 0.794. The molecule has 0 amide bonds. The van der Waals surface area contributed by atoms with Crippen molar-refractivity contribution in [3.8, 4) is 5.88 Å². The van der Waals surface area contributed by atoms with Gasteiger partial charge >= 0.3 is 0 Å². The summed E-state index contributed by atoms with van der Waals surface area (Å²) in [7, 11) is 1.60. The summed E-state index contributed by atoms with van der Waals surface area (Å²) in [6.07, 6.45) is 1.16. The molecule has 15 heavy (non-hydrogen) atoms. The average molecular weight is 207 g/mol. The summed E-state index contributed by atoms with van der Waals surface area (Å²) in [5, 5.41) is 3.33. The fraction of sp³-hybridized carbons (Fsp3) is 0.545. The zero-order valence-electron chi connectivity index (χ0n) is 9.37. The average Bonchev–Trinajstić information content (AvgIpc) is 2.78. The van der Waals surface area contributed by atoms with Crippen molar-refractivity contribution >= 4 is 11.5 Å². The molecule has 4 heteroatoms. The van der Waals surface area contributed by atoms with Gasteiger partial charge in [0.1, 0.15) is 0 Å². The van der Waals surface area contributed by atoms with Gasteiger partial charge in [-0.3, -0.25) is 0 Å². The standard InChI is InChI=1S/C11H17N3O/c1-11(2)6-8(11)13-10-7(12)4-5-9(14-10)15-3/h4-5,8H,6,12H2,1-3H3,(H,13,14). The van der Waals surface area contributed by atoms with E-state index < -0.39 is 0 Å². The summed E-state index contributed by atoms with van der Waals surface area (Å²) in [4.78, 5) is 4.28. The number of pyridine rings is 1. The van der Waals surface area contributed by atoms with Crippen LogP contribution in [0.5, 0.6) is 5.88 Å². The molecular weight excluding hydrogens is 190 g/mol. The number of nitrogens with zero attached hydrogens (tertiary/aromatic N) is 1. The highest BCUT2D eigenvalue weighted by Gasteiger charge is 2.46. The van der Waals surface area contributed by atoms with Crippen LogP contribution in [0, 0.1) is 5.41 Å². The minimum absolute atomic E-state index is 0.358. The Hall–Kier alpha value is -1.45. The summed E-state index contributed by atoms with van der Waals surface area (Å²) < 4.78 is 5.06. The van der Waals surface area contributed by atoms with Gasteiger partial charge < -0.3 is 15.8 Å². The highest BCUT2D eigenvalue weighted by Crippen LogP contribution is 2.46. The Kier molecular flexibility index (Phi) is 2.21. The molecule has 82 valence electrons. The van der Waals surface area contributed by atoms with Crippen LogP contribution in [0.15, 0.2) is 12.1 Å². The molecule has 0 aliphatic heterocycles. The number of nitrogens with one attached hydrogen (secondary N) is 1. The van der Waals surface area contributed by atoms with Crippen LogP contribution in [0.2, 0.25) is 0 Å². The third-order valence-corrected chi connectivity index (χ3v) is 2.93. The lowest BCUT2D eigenvalue weighted by Crippen LogP contribution is -2.11. The second-order valence-electron chi connectivity index (χ2n) is 4.68. The molecule has 1 aliphatic carbocycles. The maximum Gasteiger partial charge on any atom is 0.215 e. The zero-order chi connectivity index (χ0) is 11.1. The molecule has 3 N–H and O–H groups in total. The molecular formula is C11H17N3O. The van der Waals surface area contributed by atoms with Gasteiger partial charge in [0.25, 0.3) is 0 Å². The predicted octanol–water partition coefficient (Wildman–Crippen LogP) is 1.88. The minimum Gasteiger partial charge on any atom is -0.481 e. The Bertz CT molecular complexity index is 376. The number of aromatic nitrogens is 1. The molecule has 1 heterocycles. The Balaban J connectivity index is 2.14. The molecule has 2 rings (SSSR count). The van der Waals surface area contributed by atoms with E-state index in [0.717, 1.165) is 12.2 Å². The number of anilines is 2. The second-order valence-corrected chi connectivity index (χ2v) is 4.68. The lowest BCUT2D eigenvalue weighted by molar-refractivity contribution is 0.398. The predicted molar refractivity (Wildman–Crippen MR) is 61.0 cm³/mol. The maximum atomic E-state index is 5.83. The van der Waals surface area contributed by atoms with Crippen molar-refractivity contribution < 1.29 is 4.74 Å². The third-order valence-electron chi connectivity index (χ3n) is 2.93. The summed E-state index contributed by atoms with van der Waals surface area (Å²) in [5.41, 5.74) is 6.85. The smallest absolute Gasteiger partial charge is 0.215 e. The summed E-state index contributed by atoms with van der Waals surface area (Å²) in [6.45, 7) is 4.45. The Morgan fingerprint density at radius 3 is 2.73 bits per heavy atom. The molecule has 1 fully saturated rings. The van der Waals surface area contributed by atoms with Gasteiger partial charge in [-0.1, -0.05) is 13.8 Å². The van der Waals surface area contributed by atoms with Crippen molar-refractivity contribution in [3.05, 3.63) is 12.1 Å². The number of ether oxygens (including phenoxy) is 1. The summed E-state index contributed by atoms with van der Waals surface area (Å²) in [5.74, 6) is 1.31. The molecule has 0 spiro atoms. The number of nitrogens with two attached hydrogens (primary N) is 1. The van der Waals surface area contributed by atoms with Gasteiger partial charge in [0.2, 0.25) is 5.88 Å². The topological polar surface area (TPSA) is 60.2 Å². The molecule has 0 saturated heterocycles. The lowest BCUT2D eigenvalue weighted by atomic mass is 10.2. The normalized spacial score (nSPS) is 22.2. The number of hydrogen-bond acceptors (Lipinski definition) is 4. The first-order chi connectivity index (χ1) is 7.03. The summed E-state index contributed by atoms with van der Waals surface area (Å²) in [6, 6.07) is 4.04. The van der Waals surface area contributed by atoms with Crippen LogP contribution in [0.1, 0.15) is 20.3 Å². The molecule has 1 aromatic heterocycles. The van der Waals surface area contributed by atoms with E-state index >= 15 is 0 Å². The molecule has 1 unspecified atom stereocenters. The maximum absolute atomic E-state index is 5.83. The summed E-state index contributed by atoms with van der Waals surface area (Å²) >= 11 is 0. The van der Waals surface area contributed by atoms with Gasteiger partial charge in [-0.15, -0.1) is 0 Å². The van der Waals surface area contributed by atoms with E-state index in [4.69, 9.17) is 10.5 Å². The molecule has 1 aromatic rings. The van der Waals surface area contributed by atoms with Crippen LogP contribution in [0.3, 0.4) is 0 Å². The first kappa shape index (κ1) is 10.1. The molecule has 0 radical (unpaired) electrons. The van der Waals surface area contributed by atoms with Gasteiger partial charge in [-0.05, 0) is 17.9 Å². The molecule has 1 aliphatic rings. The van der Waals surface area contributed by atoms with Crippen LogP contribution in [-0.2, 0) is 0 Å². The monoisotopic (exact) mass is 207 g/mol. The zero-order valence-corrected chi connectivity index (χ0v) is 9.37. The van der Waals surface area contributed by atoms with Gasteiger partial charge in [0, 0.05) is 12.1 Å². The van der Waals surface area contributed by atoms with E-state index in [1.165, 1.54) is 0 Å². The van der Waals surface area contributed by atoms with Gasteiger partial charge in [0.05, 0.1) is 12.8 Å². The number of methoxy groups -OCH3 is 1. The van der Waals surface area contributed by atoms with Crippen LogP contribution in [0.25, 0.3) is 0 Å². The van der Waals surface area contributed by atoms with Crippen molar-refractivity contribution in [2.24, 2.45) is 5.41 Å². The van der Waals surface area contributed by atoms with Crippen molar-refractivity contribution in [2.45, 2.75) is 26.3 Å². The fourth-order valence-corrected chi connectivity index (χ4v) is 1.56. The third kappa shape index (κ3) is 1.98. The highest BCUT2D eigenvalue weighted by molar-refractivity contribution is 5.63. The molecule has 4 nitrogen and oxygen atoms in total. The SMILES string of the molecule is COc1ccc(N)c(NC2CC2(C)C)n1. The largest absolute Gasteiger partial charge is 0.481 e. The number of hydrogen-bond donors (Lipinski definition) is 2. The van der Waals surface area contributed by atoms with E-state index in [1.54, 1.807) is 13.2 Å². The first-order valence-corrected chi connectivity index (χ1v) is 5.10. The Morgan fingerprint density at radius 2 is 2.20 bits per heavy atom. The van der Waals surface area contributed by atoms with Crippen molar-refractivity contribution in [1.82, 2.24) is 4.98 Å². The van der Waals surface area contributed by atoms with Crippen LogP contribution in [0.4, 0.5) is 11.5 Å². The Labute approximate surface area is 89.8 Å². The van der Waals surface area contributed by atoms with E-state index in [1.807, 2.05) is 6.07 Å². The van der Waals surface area contributed by atoms with Crippen molar-refractivity contribution in [3.63, 3.8) is 0 Å². The van der Waals surface area contributed by atoms with Gasteiger partial charge in [-0.2, -0.15) is 4.98 Å². The second kappa shape index (κ2) is 3.29. The minimum atomic E-state index is 0.358. The van der Waals surface area contributed by atoms with Crippen molar-refractivity contribution in [2.75, 3.05) is 18.2 Å². The molecule has 0 aromatic carbocycles. The Morgan fingerprint density at radius 1 is 1.53 bits per heavy atom. The first-order valence-electron chi connectivity index (χ1n) is 5.10. The van der Waals surface area contributed by atoms with E-state index in [0.29, 0.717) is 23.0 Å². The van der Waals surface area contributed by atoms with E-state index in [-0.39, 0.29) is 0 Å². The lowest BCUT2D eigenvalue weighted by Gasteiger charge is -2.10. The molecule has 0 bridgehead atoms. The van der Waals surface area contributed by atoms with E-state index in [2.05, 4.69) is 24.1 Å². The fourth-order valence-electron chi connectivity index (χ4n) is 1.56. The van der Waals surface area contributed by atoms with Crippen LogP contribution < -0.4 is 15.8 Å².